The van der Waals surface area contributed by atoms with Crippen LogP contribution in [0.5, 0.6) is 5.75 Å². The first kappa shape index (κ1) is 15.7. The molecule has 124 valence electrons. The SMILES string of the molecule is Cc1cccc(N2C(=S)NC3c4cc(Cl)ccc4OC2(C)C3C)c1. The Kier molecular flexibility index (Phi) is 3.52. The fraction of sp³-hybridized carbons (Fsp3) is 0.316. The number of halogens is 1. The van der Waals surface area contributed by atoms with Gasteiger partial charge in [-0.1, -0.05) is 30.7 Å². The number of hydrogen-bond donors (Lipinski definition) is 1. The van der Waals surface area contributed by atoms with Crippen LogP contribution in [0.4, 0.5) is 5.69 Å². The number of anilines is 1. The van der Waals surface area contributed by atoms with Crippen LogP contribution in [0, 0.1) is 12.8 Å². The van der Waals surface area contributed by atoms with Gasteiger partial charge in [-0.15, -0.1) is 0 Å². The van der Waals surface area contributed by atoms with Crippen LogP contribution in [-0.2, 0) is 0 Å². The molecular weight excluding hydrogens is 340 g/mol. The van der Waals surface area contributed by atoms with Gasteiger partial charge in [0.05, 0.1) is 6.04 Å². The Morgan fingerprint density at radius 3 is 2.79 bits per heavy atom. The van der Waals surface area contributed by atoms with Crippen LogP contribution >= 0.6 is 23.8 Å². The molecule has 0 radical (unpaired) electrons. The zero-order chi connectivity index (χ0) is 17.1. The Morgan fingerprint density at radius 2 is 2.04 bits per heavy atom. The van der Waals surface area contributed by atoms with Gasteiger partial charge in [0.1, 0.15) is 5.75 Å². The van der Waals surface area contributed by atoms with Crippen molar-refractivity contribution in [1.29, 1.82) is 0 Å². The van der Waals surface area contributed by atoms with Crippen LogP contribution in [-0.4, -0.2) is 10.8 Å². The highest BCUT2D eigenvalue weighted by atomic mass is 35.5. The van der Waals surface area contributed by atoms with Crippen LogP contribution in [0.3, 0.4) is 0 Å². The van der Waals surface area contributed by atoms with Crippen molar-refractivity contribution >= 4 is 34.6 Å². The number of ether oxygens (including phenoxy) is 1. The van der Waals surface area contributed by atoms with Crippen LogP contribution in [0.1, 0.15) is 31.0 Å². The van der Waals surface area contributed by atoms with Crippen molar-refractivity contribution in [2.45, 2.75) is 32.5 Å². The molecule has 3 nitrogen and oxygen atoms in total. The lowest BCUT2D eigenvalue weighted by molar-refractivity contribution is -0.00316. The molecule has 3 atom stereocenters. The van der Waals surface area contributed by atoms with Crippen molar-refractivity contribution in [3.05, 3.63) is 58.6 Å². The minimum atomic E-state index is -0.554. The van der Waals surface area contributed by atoms with Gasteiger partial charge < -0.3 is 10.1 Å². The lowest BCUT2D eigenvalue weighted by atomic mass is 9.80. The maximum atomic E-state index is 6.47. The predicted octanol–water partition coefficient (Wildman–Crippen LogP) is 4.83. The van der Waals surface area contributed by atoms with Gasteiger partial charge in [-0.2, -0.15) is 0 Å². The molecule has 2 aromatic rings. The minimum Gasteiger partial charge on any atom is -0.467 e. The number of aryl methyl sites for hydroxylation is 1. The predicted molar refractivity (Wildman–Crippen MR) is 102 cm³/mol. The lowest BCUT2D eigenvalue weighted by Gasteiger charge is -2.56. The molecule has 0 aliphatic carbocycles. The second-order valence-corrected chi connectivity index (χ2v) is 7.55. The fourth-order valence-corrected chi connectivity index (χ4v) is 4.34. The van der Waals surface area contributed by atoms with Crippen LogP contribution in [0.25, 0.3) is 0 Å². The average molecular weight is 359 g/mol. The molecule has 2 heterocycles. The van der Waals surface area contributed by atoms with E-state index in [9.17, 15) is 0 Å². The number of nitrogens with one attached hydrogen (secondary N) is 1. The molecule has 4 rings (SSSR count). The maximum Gasteiger partial charge on any atom is 0.190 e. The summed E-state index contributed by atoms with van der Waals surface area (Å²) in [5.74, 6) is 1.05. The molecule has 3 unspecified atom stereocenters. The summed E-state index contributed by atoms with van der Waals surface area (Å²) >= 11 is 11.9. The zero-order valence-electron chi connectivity index (χ0n) is 13.8. The van der Waals surface area contributed by atoms with E-state index in [0.717, 1.165) is 17.0 Å². The monoisotopic (exact) mass is 358 g/mol. The smallest absolute Gasteiger partial charge is 0.190 e. The molecule has 2 bridgehead atoms. The molecule has 5 heteroatoms. The molecule has 2 aromatic carbocycles. The summed E-state index contributed by atoms with van der Waals surface area (Å²) < 4.78 is 6.47. The molecule has 0 amide bonds. The van der Waals surface area contributed by atoms with Crippen LogP contribution in [0.15, 0.2) is 42.5 Å². The Labute approximate surface area is 152 Å². The van der Waals surface area contributed by atoms with E-state index in [1.54, 1.807) is 0 Å². The van der Waals surface area contributed by atoms with E-state index in [1.165, 1.54) is 5.56 Å². The van der Waals surface area contributed by atoms with Gasteiger partial charge in [-0.05, 0) is 62.0 Å². The summed E-state index contributed by atoms with van der Waals surface area (Å²) in [5, 5.41) is 4.88. The minimum absolute atomic E-state index is 0.0889. The molecule has 24 heavy (non-hydrogen) atoms. The van der Waals surface area contributed by atoms with Gasteiger partial charge in [0.15, 0.2) is 10.8 Å². The summed E-state index contributed by atoms with van der Waals surface area (Å²) in [6, 6.07) is 14.2. The van der Waals surface area contributed by atoms with Gasteiger partial charge in [0, 0.05) is 22.2 Å². The molecule has 1 N–H and O–H groups in total. The first-order valence-electron chi connectivity index (χ1n) is 8.06. The van der Waals surface area contributed by atoms with E-state index in [2.05, 4.69) is 49.2 Å². The summed E-state index contributed by atoms with van der Waals surface area (Å²) in [6.07, 6.45) is 0. The number of fused-ring (bicyclic) bond motifs is 4. The quantitative estimate of drug-likeness (QED) is 0.738. The number of thiocarbonyl (C=S) groups is 1. The second kappa shape index (κ2) is 5.36. The molecule has 0 spiro atoms. The third kappa shape index (κ3) is 2.20. The van der Waals surface area contributed by atoms with Crippen molar-refractivity contribution in [1.82, 2.24) is 5.32 Å². The van der Waals surface area contributed by atoms with Crippen molar-refractivity contribution in [2.75, 3.05) is 4.90 Å². The van der Waals surface area contributed by atoms with E-state index in [0.29, 0.717) is 10.1 Å². The first-order valence-corrected chi connectivity index (χ1v) is 8.84. The van der Waals surface area contributed by atoms with Gasteiger partial charge in [0.2, 0.25) is 0 Å². The molecular formula is C19H19ClN2OS. The van der Waals surface area contributed by atoms with E-state index in [4.69, 9.17) is 28.6 Å². The highest BCUT2D eigenvalue weighted by Crippen LogP contribution is 2.49. The normalized spacial score (nSPS) is 28.0. The highest BCUT2D eigenvalue weighted by molar-refractivity contribution is 7.80. The molecule has 2 aliphatic rings. The summed E-state index contributed by atoms with van der Waals surface area (Å²) in [4.78, 5) is 2.09. The van der Waals surface area contributed by atoms with Gasteiger partial charge >= 0.3 is 0 Å². The Hall–Kier alpha value is -1.78. The fourth-order valence-electron chi connectivity index (χ4n) is 3.74. The van der Waals surface area contributed by atoms with Crippen LogP contribution in [0.2, 0.25) is 5.02 Å². The van der Waals surface area contributed by atoms with Gasteiger partial charge in [0.25, 0.3) is 0 Å². The van der Waals surface area contributed by atoms with Crippen molar-refractivity contribution in [2.24, 2.45) is 5.92 Å². The zero-order valence-corrected chi connectivity index (χ0v) is 15.4. The Morgan fingerprint density at radius 1 is 1.25 bits per heavy atom. The third-order valence-electron chi connectivity index (χ3n) is 5.15. The topological polar surface area (TPSA) is 24.5 Å². The Bertz CT molecular complexity index is 840. The molecule has 0 aromatic heterocycles. The molecule has 2 aliphatic heterocycles. The van der Waals surface area contributed by atoms with Gasteiger partial charge in [-0.3, -0.25) is 4.90 Å². The van der Waals surface area contributed by atoms with Gasteiger partial charge in [-0.25, -0.2) is 0 Å². The Balaban J connectivity index is 1.86. The number of hydrogen-bond acceptors (Lipinski definition) is 2. The second-order valence-electron chi connectivity index (χ2n) is 6.73. The van der Waals surface area contributed by atoms with E-state index in [-0.39, 0.29) is 12.0 Å². The third-order valence-corrected chi connectivity index (χ3v) is 5.69. The molecule has 0 saturated carbocycles. The molecule has 1 saturated heterocycles. The largest absolute Gasteiger partial charge is 0.467 e. The van der Waals surface area contributed by atoms with Crippen molar-refractivity contribution < 1.29 is 4.74 Å². The number of nitrogens with zero attached hydrogens (tertiary/aromatic N) is 1. The summed E-state index contributed by atoms with van der Waals surface area (Å²) in [7, 11) is 0. The van der Waals surface area contributed by atoms with E-state index >= 15 is 0 Å². The van der Waals surface area contributed by atoms with Crippen LogP contribution < -0.4 is 15.0 Å². The highest BCUT2D eigenvalue weighted by Gasteiger charge is 2.53. The van der Waals surface area contributed by atoms with E-state index in [1.807, 2.05) is 24.3 Å². The standard InChI is InChI=1S/C19H19ClN2OS/c1-11-5-4-6-14(9-11)22-18(24)21-17-12(2)19(22,3)23-16-8-7-13(20)10-15(16)17/h4-10,12,17H,1-3H3,(H,21,24). The van der Waals surface area contributed by atoms with Crippen molar-refractivity contribution in [3.8, 4) is 5.75 Å². The number of benzene rings is 2. The average Bonchev–Trinajstić information content (AvgIpc) is 2.52. The molecule has 1 fully saturated rings. The summed E-state index contributed by atoms with van der Waals surface area (Å²) in [5.41, 5.74) is 2.75. The summed E-state index contributed by atoms with van der Waals surface area (Å²) in [6.45, 7) is 6.38. The maximum absolute atomic E-state index is 6.47. The number of rotatable bonds is 1. The van der Waals surface area contributed by atoms with E-state index < -0.39 is 5.72 Å². The van der Waals surface area contributed by atoms with Crippen molar-refractivity contribution in [3.63, 3.8) is 0 Å². The first-order chi connectivity index (χ1) is 11.4. The lowest BCUT2D eigenvalue weighted by Crippen LogP contribution is -2.69.